The first-order valence-corrected chi connectivity index (χ1v) is 7.58. The number of ether oxygens (including phenoxy) is 1. The molecule has 21 heavy (non-hydrogen) atoms. The standard InChI is InChI=1S/C16H19ClN2O2/c1-9-4-3-5-11(9)15-14(16(18)19-21-15)12-8-10(17)6-7-13(12)20-2/h6-9,11H,3-5H2,1-2H3,(H2,18,19). The number of aromatic nitrogens is 1. The molecule has 2 unspecified atom stereocenters. The average Bonchev–Trinajstić information content (AvgIpc) is 3.04. The number of methoxy groups -OCH3 is 1. The van der Waals surface area contributed by atoms with E-state index in [0.717, 1.165) is 29.1 Å². The summed E-state index contributed by atoms with van der Waals surface area (Å²) in [6, 6.07) is 5.49. The van der Waals surface area contributed by atoms with Crippen molar-refractivity contribution in [3.8, 4) is 16.9 Å². The summed E-state index contributed by atoms with van der Waals surface area (Å²) >= 11 is 6.14. The summed E-state index contributed by atoms with van der Waals surface area (Å²) < 4.78 is 11.0. The van der Waals surface area contributed by atoms with Crippen LogP contribution in [0.25, 0.3) is 11.1 Å². The minimum absolute atomic E-state index is 0.355. The number of halogens is 1. The van der Waals surface area contributed by atoms with Gasteiger partial charge in [-0.05, 0) is 37.0 Å². The molecule has 1 aromatic heterocycles. The van der Waals surface area contributed by atoms with E-state index in [-0.39, 0.29) is 0 Å². The van der Waals surface area contributed by atoms with Crippen molar-refractivity contribution in [3.63, 3.8) is 0 Å². The van der Waals surface area contributed by atoms with Crippen molar-refractivity contribution in [1.29, 1.82) is 0 Å². The van der Waals surface area contributed by atoms with Gasteiger partial charge in [0.1, 0.15) is 11.5 Å². The van der Waals surface area contributed by atoms with Crippen molar-refractivity contribution >= 4 is 17.4 Å². The van der Waals surface area contributed by atoms with Crippen LogP contribution in [0, 0.1) is 5.92 Å². The van der Waals surface area contributed by atoms with Crippen LogP contribution >= 0.6 is 11.6 Å². The van der Waals surface area contributed by atoms with Crippen molar-refractivity contribution in [2.75, 3.05) is 12.8 Å². The van der Waals surface area contributed by atoms with E-state index in [0.29, 0.717) is 22.7 Å². The molecule has 0 radical (unpaired) electrons. The molecule has 0 saturated heterocycles. The Kier molecular flexibility index (Phi) is 3.81. The molecule has 1 fully saturated rings. The molecule has 2 atom stereocenters. The second-order valence-corrected chi connectivity index (χ2v) is 6.10. The zero-order valence-corrected chi connectivity index (χ0v) is 13.0. The largest absolute Gasteiger partial charge is 0.496 e. The number of anilines is 1. The van der Waals surface area contributed by atoms with E-state index < -0.39 is 0 Å². The Morgan fingerprint density at radius 3 is 2.86 bits per heavy atom. The van der Waals surface area contributed by atoms with Gasteiger partial charge in [-0.2, -0.15) is 0 Å². The third kappa shape index (κ3) is 2.48. The fourth-order valence-corrected chi connectivity index (χ4v) is 3.42. The summed E-state index contributed by atoms with van der Waals surface area (Å²) in [5.74, 6) is 2.90. The van der Waals surface area contributed by atoms with Crippen molar-refractivity contribution < 1.29 is 9.26 Å². The van der Waals surface area contributed by atoms with E-state index in [9.17, 15) is 0 Å². The molecular weight excluding hydrogens is 288 g/mol. The lowest BCUT2D eigenvalue weighted by molar-refractivity contribution is 0.341. The molecule has 2 aromatic rings. The van der Waals surface area contributed by atoms with Gasteiger partial charge < -0.3 is 15.0 Å². The lowest BCUT2D eigenvalue weighted by Crippen LogP contribution is -2.03. The summed E-state index contributed by atoms with van der Waals surface area (Å²) in [6.07, 6.45) is 3.52. The van der Waals surface area contributed by atoms with Crippen LogP contribution in [-0.2, 0) is 0 Å². The van der Waals surface area contributed by atoms with Gasteiger partial charge in [-0.25, -0.2) is 0 Å². The first-order chi connectivity index (χ1) is 10.1. The van der Waals surface area contributed by atoms with Gasteiger partial charge in [0.2, 0.25) is 0 Å². The maximum atomic E-state index is 6.14. The second-order valence-electron chi connectivity index (χ2n) is 5.67. The maximum absolute atomic E-state index is 6.14. The van der Waals surface area contributed by atoms with Gasteiger partial charge in [-0.1, -0.05) is 30.1 Å². The van der Waals surface area contributed by atoms with Crippen molar-refractivity contribution in [3.05, 3.63) is 29.0 Å². The molecule has 1 aliphatic rings. The molecule has 112 valence electrons. The number of hydrogen-bond acceptors (Lipinski definition) is 4. The van der Waals surface area contributed by atoms with Crippen molar-refractivity contribution in [2.45, 2.75) is 32.1 Å². The van der Waals surface area contributed by atoms with Crippen LogP contribution in [0.4, 0.5) is 5.82 Å². The summed E-state index contributed by atoms with van der Waals surface area (Å²) in [4.78, 5) is 0. The highest BCUT2D eigenvalue weighted by Crippen LogP contribution is 2.47. The molecule has 1 saturated carbocycles. The molecule has 0 bridgehead atoms. The topological polar surface area (TPSA) is 61.3 Å². The van der Waals surface area contributed by atoms with Gasteiger partial charge in [-0.3, -0.25) is 0 Å². The molecule has 0 amide bonds. The lowest BCUT2D eigenvalue weighted by atomic mass is 9.90. The monoisotopic (exact) mass is 306 g/mol. The van der Waals surface area contributed by atoms with E-state index in [4.69, 9.17) is 26.6 Å². The molecule has 0 aliphatic heterocycles. The first-order valence-electron chi connectivity index (χ1n) is 7.20. The minimum Gasteiger partial charge on any atom is -0.496 e. The number of nitrogen functional groups attached to an aromatic ring is 1. The van der Waals surface area contributed by atoms with Gasteiger partial charge in [-0.15, -0.1) is 0 Å². The van der Waals surface area contributed by atoms with Gasteiger partial charge in [0, 0.05) is 16.5 Å². The van der Waals surface area contributed by atoms with Gasteiger partial charge >= 0.3 is 0 Å². The smallest absolute Gasteiger partial charge is 0.175 e. The third-order valence-corrected chi connectivity index (χ3v) is 4.61. The summed E-state index contributed by atoms with van der Waals surface area (Å²) in [7, 11) is 1.63. The van der Waals surface area contributed by atoms with Crippen LogP contribution < -0.4 is 10.5 Å². The molecule has 4 nitrogen and oxygen atoms in total. The van der Waals surface area contributed by atoms with Gasteiger partial charge in [0.15, 0.2) is 5.82 Å². The molecular formula is C16H19ClN2O2. The van der Waals surface area contributed by atoms with E-state index >= 15 is 0 Å². The minimum atomic E-state index is 0.355. The first kappa shape index (κ1) is 14.3. The molecule has 1 aromatic carbocycles. The van der Waals surface area contributed by atoms with Crippen molar-refractivity contribution in [1.82, 2.24) is 5.16 Å². The SMILES string of the molecule is COc1ccc(Cl)cc1-c1c(N)noc1C1CCCC1C. The predicted molar refractivity (Wildman–Crippen MR) is 83.7 cm³/mol. The second kappa shape index (κ2) is 5.60. The normalized spacial score (nSPS) is 21.7. The maximum Gasteiger partial charge on any atom is 0.175 e. The summed E-state index contributed by atoms with van der Waals surface area (Å²) in [5, 5.41) is 4.62. The Hall–Kier alpha value is -1.68. The highest BCUT2D eigenvalue weighted by atomic mass is 35.5. The number of nitrogens with two attached hydrogens (primary N) is 1. The zero-order chi connectivity index (χ0) is 15.0. The Labute approximate surface area is 129 Å². The van der Waals surface area contributed by atoms with E-state index in [2.05, 4.69) is 12.1 Å². The van der Waals surface area contributed by atoms with Crippen LogP contribution in [0.5, 0.6) is 5.75 Å². The molecule has 0 spiro atoms. The predicted octanol–water partition coefficient (Wildman–Crippen LogP) is 4.49. The fourth-order valence-electron chi connectivity index (χ4n) is 3.25. The number of nitrogens with zero attached hydrogens (tertiary/aromatic N) is 1. The quantitative estimate of drug-likeness (QED) is 0.907. The number of rotatable bonds is 3. The Morgan fingerprint density at radius 1 is 1.38 bits per heavy atom. The van der Waals surface area contributed by atoms with Crippen LogP contribution in [0.1, 0.15) is 37.9 Å². The summed E-state index contributed by atoms with van der Waals surface area (Å²) in [5.41, 5.74) is 7.73. The average molecular weight is 307 g/mol. The number of hydrogen-bond donors (Lipinski definition) is 1. The molecule has 1 heterocycles. The van der Waals surface area contributed by atoms with E-state index in [1.807, 2.05) is 12.1 Å². The van der Waals surface area contributed by atoms with E-state index in [1.165, 1.54) is 12.8 Å². The van der Waals surface area contributed by atoms with Crippen LogP contribution in [0.3, 0.4) is 0 Å². The fraction of sp³-hybridized carbons (Fsp3) is 0.438. The van der Waals surface area contributed by atoms with E-state index in [1.54, 1.807) is 13.2 Å². The Morgan fingerprint density at radius 2 is 2.19 bits per heavy atom. The van der Waals surface area contributed by atoms with Gasteiger partial charge in [0.05, 0.1) is 12.7 Å². The lowest BCUT2D eigenvalue weighted by Gasteiger charge is -2.15. The van der Waals surface area contributed by atoms with Crippen molar-refractivity contribution in [2.24, 2.45) is 5.92 Å². The van der Waals surface area contributed by atoms with Crippen LogP contribution in [0.2, 0.25) is 5.02 Å². The molecule has 2 N–H and O–H groups in total. The highest BCUT2D eigenvalue weighted by molar-refractivity contribution is 6.31. The number of benzene rings is 1. The Bertz CT molecular complexity index is 654. The molecule has 3 rings (SSSR count). The van der Waals surface area contributed by atoms with Crippen LogP contribution in [-0.4, -0.2) is 12.3 Å². The Balaban J connectivity index is 2.14. The van der Waals surface area contributed by atoms with Gasteiger partial charge in [0.25, 0.3) is 0 Å². The third-order valence-electron chi connectivity index (χ3n) is 4.37. The molecule has 1 aliphatic carbocycles. The molecule has 5 heteroatoms. The summed E-state index contributed by atoms with van der Waals surface area (Å²) in [6.45, 7) is 2.25. The highest BCUT2D eigenvalue weighted by Gasteiger charge is 2.32. The van der Waals surface area contributed by atoms with Crippen LogP contribution in [0.15, 0.2) is 22.7 Å². The zero-order valence-electron chi connectivity index (χ0n) is 12.2.